The molecule has 0 saturated heterocycles. The van der Waals surface area contributed by atoms with Crippen molar-refractivity contribution in [1.82, 2.24) is 10.6 Å². The van der Waals surface area contributed by atoms with Crippen molar-refractivity contribution in [2.75, 3.05) is 6.54 Å². The number of rotatable bonds is 12. The molecule has 8 heteroatoms. The summed E-state index contributed by atoms with van der Waals surface area (Å²) in [6.45, 7) is -0.469. The number of aliphatic hydroxyl groups excluding tert-OH is 1. The number of carbonyl (C=O) groups excluding carboxylic acids is 1. The monoisotopic (exact) mass is 414 g/mol. The Kier molecular flexibility index (Phi) is 8.99. The topological polar surface area (TPSA) is 136 Å². The van der Waals surface area contributed by atoms with Gasteiger partial charge < -0.3 is 20.6 Å². The van der Waals surface area contributed by atoms with Crippen LogP contribution < -0.4 is 10.6 Å². The van der Waals surface area contributed by atoms with Crippen LogP contribution in [-0.2, 0) is 27.2 Å². The van der Waals surface area contributed by atoms with E-state index in [1.165, 1.54) is 0 Å². The summed E-state index contributed by atoms with van der Waals surface area (Å²) in [5.41, 5.74) is 1.80. The Morgan fingerprint density at radius 3 is 1.90 bits per heavy atom. The van der Waals surface area contributed by atoms with Gasteiger partial charge in [-0.3, -0.25) is 14.9 Å². The lowest BCUT2D eigenvalue weighted by molar-refractivity contribution is -0.146. The molecule has 0 saturated carbocycles. The first kappa shape index (κ1) is 23.1. The highest BCUT2D eigenvalue weighted by molar-refractivity contribution is 5.84. The van der Waals surface area contributed by atoms with Crippen molar-refractivity contribution in [3.63, 3.8) is 0 Å². The third-order valence-electron chi connectivity index (χ3n) is 4.62. The van der Waals surface area contributed by atoms with Gasteiger partial charge in [0.05, 0.1) is 12.6 Å². The summed E-state index contributed by atoms with van der Waals surface area (Å²) in [5, 5.41) is 33.1. The van der Waals surface area contributed by atoms with Gasteiger partial charge in [-0.1, -0.05) is 60.7 Å². The van der Waals surface area contributed by atoms with Crippen LogP contribution in [0.3, 0.4) is 0 Å². The molecular weight excluding hydrogens is 388 g/mol. The summed E-state index contributed by atoms with van der Waals surface area (Å²) in [6, 6.07) is 16.6. The molecule has 3 atom stereocenters. The van der Waals surface area contributed by atoms with Crippen LogP contribution in [0.1, 0.15) is 17.5 Å². The normalized spacial score (nSPS) is 13.8. The maximum absolute atomic E-state index is 12.6. The maximum Gasteiger partial charge on any atom is 0.334 e. The SMILES string of the molecule is O=C(O)C(O)CNC(=O)[C@H](Cc1ccccc1)NC(CCc1ccccc1)C(=O)O. The molecule has 2 rings (SSSR count). The predicted octanol–water partition coefficient (Wildman–Crippen LogP) is 0.835. The Balaban J connectivity index is 2.08. The number of carboxylic acids is 2. The smallest absolute Gasteiger partial charge is 0.334 e. The molecule has 0 heterocycles. The molecule has 2 aromatic rings. The Bertz CT molecular complexity index is 828. The minimum Gasteiger partial charge on any atom is -0.480 e. The minimum absolute atomic E-state index is 0.213. The van der Waals surface area contributed by atoms with Crippen LogP contribution in [0.2, 0.25) is 0 Å². The summed E-state index contributed by atoms with van der Waals surface area (Å²) in [7, 11) is 0. The molecule has 5 N–H and O–H groups in total. The zero-order valence-corrected chi connectivity index (χ0v) is 16.4. The second-order valence-corrected chi connectivity index (χ2v) is 6.92. The van der Waals surface area contributed by atoms with Crippen molar-refractivity contribution >= 4 is 17.8 Å². The van der Waals surface area contributed by atoms with Gasteiger partial charge in [-0.2, -0.15) is 0 Å². The number of aliphatic hydroxyl groups is 1. The fourth-order valence-corrected chi connectivity index (χ4v) is 2.96. The highest BCUT2D eigenvalue weighted by Gasteiger charge is 2.27. The molecule has 0 aliphatic rings. The Hall–Kier alpha value is -3.23. The lowest BCUT2D eigenvalue weighted by Gasteiger charge is -2.23. The third kappa shape index (κ3) is 7.65. The highest BCUT2D eigenvalue weighted by atomic mass is 16.4. The van der Waals surface area contributed by atoms with E-state index in [9.17, 15) is 24.6 Å². The number of aliphatic carboxylic acids is 2. The van der Waals surface area contributed by atoms with Crippen LogP contribution in [0.25, 0.3) is 0 Å². The minimum atomic E-state index is -1.74. The fraction of sp³-hybridized carbons (Fsp3) is 0.318. The Morgan fingerprint density at radius 2 is 1.37 bits per heavy atom. The first-order valence-corrected chi connectivity index (χ1v) is 9.62. The average molecular weight is 414 g/mol. The zero-order valence-electron chi connectivity index (χ0n) is 16.4. The fourth-order valence-electron chi connectivity index (χ4n) is 2.96. The summed E-state index contributed by atoms with van der Waals surface area (Å²) in [4.78, 5) is 35.2. The number of carboxylic acid groups (broad SMARTS) is 2. The van der Waals surface area contributed by atoms with Crippen molar-refractivity contribution in [1.29, 1.82) is 0 Å². The summed E-state index contributed by atoms with van der Waals surface area (Å²) in [6.07, 6.45) is -0.734. The van der Waals surface area contributed by atoms with Crippen LogP contribution in [0.15, 0.2) is 60.7 Å². The van der Waals surface area contributed by atoms with Crippen molar-refractivity contribution in [3.05, 3.63) is 71.8 Å². The van der Waals surface area contributed by atoms with E-state index in [-0.39, 0.29) is 12.8 Å². The number of benzene rings is 2. The second kappa shape index (κ2) is 11.7. The highest BCUT2D eigenvalue weighted by Crippen LogP contribution is 2.09. The maximum atomic E-state index is 12.6. The van der Waals surface area contributed by atoms with Gasteiger partial charge in [0.15, 0.2) is 6.10 Å². The van der Waals surface area contributed by atoms with Gasteiger partial charge in [0.2, 0.25) is 5.91 Å². The van der Waals surface area contributed by atoms with E-state index in [2.05, 4.69) is 10.6 Å². The number of amides is 1. The number of carbonyl (C=O) groups is 3. The lowest BCUT2D eigenvalue weighted by atomic mass is 10.0. The van der Waals surface area contributed by atoms with Crippen LogP contribution in [0.5, 0.6) is 0 Å². The summed E-state index contributed by atoms with van der Waals surface area (Å²) in [5.74, 6) is -3.11. The van der Waals surface area contributed by atoms with Crippen LogP contribution in [0.4, 0.5) is 0 Å². The lowest BCUT2D eigenvalue weighted by Crippen LogP contribution is -2.53. The summed E-state index contributed by atoms with van der Waals surface area (Å²) < 4.78 is 0. The zero-order chi connectivity index (χ0) is 21.9. The van der Waals surface area contributed by atoms with E-state index >= 15 is 0 Å². The second-order valence-electron chi connectivity index (χ2n) is 6.92. The van der Waals surface area contributed by atoms with Crippen LogP contribution >= 0.6 is 0 Å². The molecule has 1 amide bonds. The molecule has 0 aliphatic heterocycles. The molecule has 2 aromatic carbocycles. The van der Waals surface area contributed by atoms with Crippen molar-refractivity contribution in [3.8, 4) is 0 Å². The van der Waals surface area contributed by atoms with Crippen LogP contribution in [-0.4, -0.2) is 57.9 Å². The van der Waals surface area contributed by atoms with Gasteiger partial charge in [-0.05, 0) is 30.4 Å². The molecule has 0 bridgehead atoms. The largest absolute Gasteiger partial charge is 0.480 e. The van der Waals surface area contributed by atoms with Gasteiger partial charge in [-0.15, -0.1) is 0 Å². The quantitative estimate of drug-likeness (QED) is 0.347. The molecule has 0 fully saturated rings. The van der Waals surface area contributed by atoms with Gasteiger partial charge >= 0.3 is 11.9 Å². The van der Waals surface area contributed by atoms with Crippen molar-refractivity contribution < 1.29 is 29.7 Å². The van der Waals surface area contributed by atoms with E-state index < -0.39 is 42.6 Å². The summed E-state index contributed by atoms with van der Waals surface area (Å²) >= 11 is 0. The van der Waals surface area contributed by atoms with Gasteiger partial charge in [-0.25, -0.2) is 4.79 Å². The molecule has 8 nitrogen and oxygen atoms in total. The standard InChI is InChI=1S/C22H26N2O6/c25-19(22(29)30)14-23-20(26)18(13-16-9-5-2-6-10-16)24-17(21(27)28)12-11-15-7-3-1-4-8-15/h1-10,17-19,24-25H,11-14H2,(H,23,26)(H,27,28)(H,29,30)/t17?,18-,19?/m0/s1. The molecular formula is C22H26N2O6. The van der Waals surface area contributed by atoms with E-state index in [0.29, 0.717) is 6.42 Å². The van der Waals surface area contributed by atoms with Crippen molar-refractivity contribution in [2.45, 2.75) is 37.5 Å². The Morgan fingerprint density at radius 1 is 0.800 bits per heavy atom. The molecule has 0 aliphatic carbocycles. The predicted molar refractivity (Wildman–Crippen MR) is 110 cm³/mol. The first-order valence-electron chi connectivity index (χ1n) is 9.62. The Labute approximate surface area is 174 Å². The van der Waals surface area contributed by atoms with E-state index in [1.807, 2.05) is 60.7 Å². The third-order valence-corrected chi connectivity index (χ3v) is 4.62. The molecule has 30 heavy (non-hydrogen) atoms. The molecule has 0 spiro atoms. The van der Waals surface area contributed by atoms with E-state index in [1.54, 1.807) is 0 Å². The molecule has 160 valence electrons. The number of nitrogens with one attached hydrogen (secondary N) is 2. The number of aryl methyl sites for hydroxylation is 1. The number of hydrogen-bond acceptors (Lipinski definition) is 5. The van der Waals surface area contributed by atoms with Gasteiger partial charge in [0.1, 0.15) is 6.04 Å². The van der Waals surface area contributed by atoms with Gasteiger partial charge in [0, 0.05) is 0 Å². The van der Waals surface area contributed by atoms with Gasteiger partial charge in [0.25, 0.3) is 0 Å². The average Bonchev–Trinajstić information content (AvgIpc) is 2.74. The van der Waals surface area contributed by atoms with Crippen LogP contribution in [0, 0.1) is 0 Å². The number of hydrogen-bond donors (Lipinski definition) is 5. The van der Waals surface area contributed by atoms with Crippen molar-refractivity contribution in [2.24, 2.45) is 0 Å². The molecule has 0 aromatic heterocycles. The molecule has 2 unspecified atom stereocenters. The van der Waals surface area contributed by atoms with E-state index in [0.717, 1.165) is 11.1 Å². The first-order chi connectivity index (χ1) is 14.4. The molecule has 0 radical (unpaired) electrons. The van der Waals surface area contributed by atoms with E-state index in [4.69, 9.17) is 5.11 Å².